The molecule has 0 N–H and O–H groups in total. The smallest absolute Gasteiger partial charge is 0.326 e. The molecule has 1 aliphatic rings. The highest BCUT2D eigenvalue weighted by atomic mass is 16.9. The SMILES string of the molecule is COC1(C)OC(=O)CC(C)O1. The minimum atomic E-state index is -1.19. The fraction of sp³-hybridized carbons (Fsp3) is 0.857. The average molecular weight is 160 g/mol. The van der Waals surface area contributed by atoms with Crippen molar-refractivity contribution in [3.05, 3.63) is 0 Å². The predicted molar refractivity (Wildman–Crippen MR) is 36.7 cm³/mol. The first-order valence-corrected chi connectivity index (χ1v) is 3.50. The molecular weight excluding hydrogens is 148 g/mol. The van der Waals surface area contributed by atoms with Gasteiger partial charge in [0.15, 0.2) is 0 Å². The molecule has 0 aromatic carbocycles. The van der Waals surface area contributed by atoms with Crippen LogP contribution >= 0.6 is 0 Å². The molecule has 0 aliphatic carbocycles. The van der Waals surface area contributed by atoms with Crippen molar-refractivity contribution in [2.75, 3.05) is 7.11 Å². The van der Waals surface area contributed by atoms with E-state index in [1.807, 2.05) is 0 Å². The van der Waals surface area contributed by atoms with E-state index >= 15 is 0 Å². The van der Waals surface area contributed by atoms with Crippen LogP contribution in [0.5, 0.6) is 0 Å². The highest BCUT2D eigenvalue weighted by molar-refractivity contribution is 5.70. The third-order valence-electron chi connectivity index (χ3n) is 1.54. The van der Waals surface area contributed by atoms with Crippen LogP contribution in [-0.4, -0.2) is 25.2 Å². The first-order valence-electron chi connectivity index (χ1n) is 3.50. The van der Waals surface area contributed by atoms with E-state index in [9.17, 15) is 4.79 Å². The summed E-state index contributed by atoms with van der Waals surface area (Å²) in [5.74, 6) is -1.47. The maximum absolute atomic E-state index is 10.9. The molecule has 0 saturated carbocycles. The van der Waals surface area contributed by atoms with Crippen LogP contribution in [0.4, 0.5) is 0 Å². The lowest BCUT2D eigenvalue weighted by molar-refractivity contribution is -0.371. The van der Waals surface area contributed by atoms with Gasteiger partial charge in [-0.05, 0) is 6.92 Å². The Morgan fingerprint density at radius 1 is 1.73 bits per heavy atom. The first-order chi connectivity index (χ1) is 5.06. The summed E-state index contributed by atoms with van der Waals surface area (Å²) >= 11 is 0. The van der Waals surface area contributed by atoms with Crippen molar-refractivity contribution in [1.29, 1.82) is 0 Å². The Labute approximate surface area is 65.4 Å². The normalized spacial score (nSPS) is 38.5. The maximum atomic E-state index is 10.9. The molecule has 1 rings (SSSR count). The molecule has 4 heteroatoms. The molecule has 0 bridgehead atoms. The topological polar surface area (TPSA) is 44.8 Å². The number of hydrogen-bond acceptors (Lipinski definition) is 4. The van der Waals surface area contributed by atoms with Crippen LogP contribution in [0.15, 0.2) is 0 Å². The molecule has 4 nitrogen and oxygen atoms in total. The molecule has 0 amide bonds. The summed E-state index contributed by atoms with van der Waals surface area (Å²) in [5, 5.41) is 0. The van der Waals surface area contributed by atoms with Crippen LogP contribution in [-0.2, 0) is 19.0 Å². The minimum absolute atomic E-state index is 0.138. The Morgan fingerprint density at radius 2 is 2.36 bits per heavy atom. The van der Waals surface area contributed by atoms with Crippen molar-refractivity contribution < 1.29 is 19.0 Å². The average Bonchev–Trinajstić information content (AvgIpc) is 1.84. The number of rotatable bonds is 1. The largest absolute Gasteiger partial charge is 0.408 e. The van der Waals surface area contributed by atoms with E-state index < -0.39 is 5.97 Å². The zero-order chi connectivity index (χ0) is 8.48. The molecule has 11 heavy (non-hydrogen) atoms. The molecule has 64 valence electrons. The van der Waals surface area contributed by atoms with E-state index in [0.717, 1.165) is 0 Å². The lowest BCUT2D eigenvalue weighted by Gasteiger charge is -2.34. The molecule has 1 heterocycles. The van der Waals surface area contributed by atoms with Crippen LogP contribution in [0.1, 0.15) is 20.3 Å². The van der Waals surface area contributed by atoms with Crippen LogP contribution in [0.2, 0.25) is 0 Å². The molecule has 0 spiro atoms. The van der Waals surface area contributed by atoms with Gasteiger partial charge < -0.3 is 14.2 Å². The van der Waals surface area contributed by atoms with Crippen LogP contribution in [0.25, 0.3) is 0 Å². The summed E-state index contributed by atoms with van der Waals surface area (Å²) in [5.41, 5.74) is 0. The molecule has 2 atom stereocenters. The predicted octanol–water partition coefficient (Wildman–Crippen LogP) is 0.658. The van der Waals surface area contributed by atoms with Crippen molar-refractivity contribution in [3.63, 3.8) is 0 Å². The molecule has 0 radical (unpaired) electrons. The second kappa shape index (κ2) is 2.79. The van der Waals surface area contributed by atoms with Gasteiger partial charge in [-0.15, -0.1) is 0 Å². The van der Waals surface area contributed by atoms with Gasteiger partial charge in [0.25, 0.3) is 0 Å². The third kappa shape index (κ3) is 1.91. The zero-order valence-corrected chi connectivity index (χ0v) is 6.92. The van der Waals surface area contributed by atoms with E-state index in [1.54, 1.807) is 13.8 Å². The summed E-state index contributed by atoms with van der Waals surface area (Å²) < 4.78 is 14.9. The Kier molecular flexibility index (Phi) is 2.15. The van der Waals surface area contributed by atoms with Crippen molar-refractivity contribution in [3.8, 4) is 0 Å². The van der Waals surface area contributed by atoms with E-state index in [0.29, 0.717) is 6.42 Å². The quantitative estimate of drug-likeness (QED) is 0.528. The van der Waals surface area contributed by atoms with Gasteiger partial charge >= 0.3 is 11.9 Å². The van der Waals surface area contributed by atoms with Crippen LogP contribution in [0.3, 0.4) is 0 Å². The van der Waals surface area contributed by atoms with Crippen molar-refractivity contribution in [1.82, 2.24) is 0 Å². The number of carbonyl (C=O) groups is 1. The van der Waals surface area contributed by atoms with Gasteiger partial charge in [-0.3, -0.25) is 4.79 Å². The number of carbonyl (C=O) groups excluding carboxylic acids is 1. The molecule has 1 fully saturated rings. The van der Waals surface area contributed by atoms with E-state index in [2.05, 4.69) is 0 Å². The number of esters is 1. The summed E-state index contributed by atoms with van der Waals surface area (Å²) in [7, 11) is 1.44. The van der Waals surface area contributed by atoms with Crippen molar-refractivity contribution in [2.24, 2.45) is 0 Å². The van der Waals surface area contributed by atoms with Gasteiger partial charge in [0.2, 0.25) is 0 Å². The molecule has 0 aromatic heterocycles. The van der Waals surface area contributed by atoms with Crippen molar-refractivity contribution >= 4 is 5.97 Å². The lowest BCUT2D eigenvalue weighted by Crippen LogP contribution is -2.45. The fourth-order valence-corrected chi connectivity index (χ4v) is 1.00. The molecular formula is C7H12O4. The summed E-state index contributed by atoms with van der Waals surface area (Å²) in [6, 6.07) is 0. The molecule has 2 unspecified atom stereocenters. The zero-order valence-electron chi connectivity index (χ0n) is 6.92. The molecule has 1 aliphatic heterocycles. The monoisotopic (exact) mass is 160 g/mol. The fourth-order valence-electron chi connectivity index (χ4n) is 1.00. The molecule has 0 aromatic rings. The summed E-state index contributed by atoms with van der Waals surface area (Å²) in [6.07, 6.45) is 0.153. The second-order valence-corrected chi connectivity index (χ2v) is 2.67. The van der Waals surface area contributed by atoms with Gasteiger partial charge in [-0.1, -0.05) is 0 Å². The number of cyclic esters (lactones) is 1. The van der Waals surface area contributed by atoms with E-state index in [-0.39, 0.29) is 12.1 Å². The molecule has 1 saturated heterocycles. The lowest BCUT2D eigenvalue weighted by atomic mass is 10.2. The number of methoxy groups -OCH3 is 1. The van der Waals surface area contributed by atoms with Crippen LogP contribution < -0.4 is 0 Å². The van der Waals surface area contributed by atoms with E-state index in [1.165, 1.54) is 7.11 Å². The van der Waals surface area contributed by atoms with Gasteiger partial charge in [0.05, 0.1) is 12.5 Å². The summed E-state index contributed by atoms with van der Waals surface area (Å²) in [4.78, 5) is 10.9. The summed E-state index contributed by atoms with van der Waals surface area (Å²) in [6.45, 7) is 3.37. The minimum Gasteiger partial charge on any atom is -0.408 e. The van der Waals surface area contributed by atoms with Gasteiger partial charge in [0, 0.05) is 14.0 Å². The van der Waals surface area contributed by atoms with Gasteiger partial charge in [-0.2, -0.15) is 0 Å². The van der Waals surface area contributed by atoms with Gasteiger partial charge in [-0.25, -0.2) is 0 Å². The second-order valence-electron chi connectivity index (χ2n) is 2.67. The third-order valence-corrected chi connectivity index (χ3v) is 1.54. The van der Waals surface area contributed by atoms with Crippen LogP contribution in [0, 0.1) is 0 Å². The van der Waals surface area contributed by atoms with E-state index in [4.69, 9.17) is 14.2 Å². The van der Waals surface area contributed by atoms with Crippen molar-refractivity contribution in [2.45, 2.75) is 32.3 Å². The Hall–Kier alpha value is -0.610. The Morgan fingerprint density at radius 3 is 2.82 bits per heavy atom. The standard InChI is InChI=1S/C7H12O4/c1-5-4-6(8)11-7(2,9-3)10-5/h5H,4H2,1-3H3. The first kappa shape index (κ1) is 8.49. The maximum Gasteiger partial charge on any atom is 0.326 e. The Bertz CT molecular complexity index is 168. The number of ether oxygens (including phenoxy) is 3. The van der Waals surface area contributed by atoms with Gasteiger partial charge in [0.1, 0.15) is 0 Å². The highest BCUT2D eigenvalue weighted by Crippen LogP contribution is 2.23. The highest BCUT2D eigenvalue weighted by Gasteiger charge is 2.37. The Balaban J connectivity index is 2.62. The number of hydrogen-bond donors (Lipinski definition) is 0.